The Morgan fingerprint density at radius 1 is 1.20 bits per heavy atom. The molecule has 1 aliphatic heterocycles. The summed E-state index contributed by atoms with van der Waals surface area (Å²) in [6.45, 7) is 4.83. The summed E-state index contributed by atoms with van der Waals surface area (Å²) < 4.78 is 8.46. The van der Waals surface area contributed by atoms with Crippen LogP contribution >= 0.6 is 15.9 Å². The molecule has 3 aromatic rings. The fourth-order valence-corrected chi connectivity index (χ4v) is 4.03. The summed E-state index contributed by atoms with van der Waals surface area (Å²) in [5.74, 6) is 1.92. The van der Waals surface area contributed by atoms with Crippen LogP contribution in [0.25, 0.3) is 11.4 Å². The quantitative estimate of drug-likeness (QED) is 0.590. The number of nitrogens with one attached hydrogen (secondary N) is 1. The number of rotatable bonds is 6. The smallest absolute Gasteiger partial charge is 0.251 e. The average Bonchev–Trinajstić information content (AvgIpc) is 2.80. The molecule has 0 unspecified atom stereocenters. The lowest BCUT2D eigenvalue weighted by molar-refractivity contribution is 0.214. The lowest BCUT2D eigenvalue weighted by Crippen LogP contribution is -2.30. The van der Waals surface area contributed by atoms with E-state index in [0.29, 0.717) is 24.1 Å². The van der Waals surface area contributed by atoms with Crippen LogP contribution in [0.3, 0.4) is 0 Å². The lowest BCUT2D eigenvalue weighted by atomic mass is 9.99. The molecule has 0 bridgehead atoms. The van der Waals surface area contributed by atoms with Gasteiger partial charge in [-0.05, 0) is 72.4 Å². The highest BCUT2D eigenvalue weighted by Gasteiger charge is 2.14. The molecule has 0 saturated carbocycles. The third-order valence-electron chi connectivity index (χ3n) is 5.52. The second kappa shape index (κ2) is 9.53. The van der Waals surface area contributed by atoms with Gasteiger partial charge in [-0.15, -0.1) is 0 Å². The lowest BCUT2D eigenvalue weighted by Gasteiger charge is -2.22. The molecule has 0 amide bonds. The molecule has 6 nitrogen and oxygen atoms in total. The van der Waals surface area contributed by atoms with E-state index in [4.69, 9.17) is 4.74 Å². The van der Waals surface area contributed by atoms with Gasteiger partial charge in [0.15, 0.2) is 11.6 Å². The zero-order valence-electron chi connectivity index (χ0n) is 16.9. The zero-order chi connectivity index (χ0) is 20.9. The van der Waals surface area contributed by atoms with E-state index < -0.39 is 0 Å². The van der Waals surface area contributed by atoms with E-state index in [9.17, 15) is 4.79 Å². The van der Waals surface area contributed by atoms with Crippen LogP contribution in [0.4, 0.5) is 0 Å². The van der Waals surface area contributed by atoms with Crippen molar-refractivity contribution in [1.82, 2.24) is 19.9 Å². The summed E-state index contributed by atoms with van der Waals surface area (Å²) in [6, 6.07) is 11.2. The summed E-state index contributed by atoms with van der Waals surface area (Å²) in [7, 11) is 0. The SMILES string of the molecule is C[C@H](c1cccc(-c2ncc(OCC3CCNCC3)cn2)c1)n1cc(Br)ccc1=O. The van der Waals surface area contributed by atoms with Crippen LogP contribution in [0.2, 0.25) is 0 Å². The second-order valence-corrected chi connectivity index (χ2v) is 8.56. The highest BCUT2D eigenvalue weighted by atomic mass is 79.9. The summed E-state index contributed by atoms with van der Waals surface area (Å²) in [6.07, 6.45) is 7.57. The summed E-state index contributed by atoms with van der Waals surface area (Å²) in [5.41, 5.74) is 1.89. The van der Waals surface area contributed by atoms with Crippen molar-refractivity contribution >= 4 is 15.9 Å². The maximum Gasteiger partial charge on any atom is 0.251 e. The highest BCUT2D eigenvalue weighted by molar-refractivity contribution is 9.10. The van der Waals surface area contributed by atoms with Crippen molar-refractivity contribution in [1.29, 1.82) is 0 Å². The van der Waals surface area contributed by atoms with Crippen LogP contribution in [0, 0.1) is 5.92 Å². The molecule has 3 heterocycles. The molecule has 1 fully saturated rings. The van der Waals surface area contributed by atoms with Gasteiger partial charge in [0.25, 0.3) is 5.56 Å². The Morgan fingerprint density at radius 2 is 1.97 bits per heavy atom. The van der Waals surface area contributed by atoms with Crippen LogP contribution in [-0.4, -0.2) is 34.2 Å². The van der Waals surface area contributed by atoms with Crippen molar-refractivity contribution in [2.45, 2.75) is 25.8 Å². The Kier molecular flexibility index (Phi) is 6.59. The molecule has 0 radical (unpaired) electrons. The maximum atomic E-state index is 12.3. The Morgan fingerprint density at radius 3 is 2.73 bits per heavy atom. The molecule has 0 spiro atoms. The molecule has 2 aromatic heterocycles. The second-order valence-electron chi connectivity index (χ2n) is 7.64. The van der Waals surface area contributed by atoms with Crippen molar-refractivity contribution in [2.24, 2.45) is 5.92 Å². The minimum Gasteiger partial charge on any atom is -0.490 e. The van der Waals surface area contributed by atoms with Gasteiger partial charge in [-0.1, -0.05) is 18.2 Å². The van der Waals surface area contributed by atoms with Crippen molar-refractivity contribution < 1.29 is 4.74 Å². The van der Waals surface area contributed by atoms with Crippen molar-refractivity contribution in [3.63, 3.8) is 0 Å². The molecule has 1 N–H and O–H groups in total. The largest absolute Gasteiger partial charge is 0.490 e. The molecular formula is C23H25BrN4O2. The number of halogens is 1. The third kappa shape index (κ3) is 4.96. The van der Waals surface area contributed by atoms with Gasteiger partial charge in [-0.3, -0.25) is 4.79 Å². The van der Waals surface area contributed by atoms with E-state index in [1.165, 1.54) is 0 Å². The number of piperidine rings is 1. The molecule has 0 aliphatic carbocycles. The molecular weight excluding hydrogens is 444 g/mol. The first-order valence-corrected chi connectivity index (χ1v) is 11.0. The van der Waals surface area contributed by atoms with Gasteiger partial charge in [0.05, 0.1) is 25.0 Å². The molecule has 1 aliphatic rings. The van der Waals surface area contributed by atoms with Gasteiger partial charge in [0.1, 0.15) is 0 Å². The first kappa shape index (κ1) is 20.8. The number of ether oxygens (including phenoxy) is 1. The number of nitrogens with zero attached hydrogens (tertiary/aromatic N) is 3. The van der Waals surface area contributed by atoms with Gasteiger partial charge in [0, 0.05) is 22.3 Å². The molecule has 4 rings (SSSR count). The Balaban J connectivity index is 1.48. The maximum absolute atomic E-state index is 12.3. The van der Waals surface area contributed by atoms with Crippen LogP contribution in [-0.2, 0) is 0 Å². The van der Waals surface area contributed by atoms with Crippen LogP contribution < -0.4 is 15.6 Å². The number of pyridine rings is 1. The predicted octanol–water partition coefficient (Wildman–Crippen LogP) is 4.06. The predicted molar refractivity (Wildman–Crippen MR) is 121 cm³/mol. The molecule has 156 valence electrons. The summed E-state index contributed by atoms with van der Waals surface area (Å²) in [5, 5.41) is 3.37. The Labute approximate surface area is 184 Å². The first-order valence-electron chi connectivity index (χ1n) is 10.2. The van der Waals surface area contributed by atoms with Gasteiger partial charge in [-0.25, -0.2) is 9.97 Å². The Hall–Kier alpha value is -2.51. The number of hydrogen-bond donors (Lipinski definition) is 1. The fraction of sp³-hybridized carbons (Fsp3) is 0.348. The van der Waals surface area contributed by atoms with Crippen LogP contribution in [0.1, 0.15) is 31.4 Å². The van der Waals surface area contributed by atoms with Crippen molar-refractivity contribution in [3.05, 3.63) is 75.4 Å². The van der Waals surface area contributed by atoms with Crippen LogP contribution in [0.15, 0.2) is 64.3 Å². The Bertz CT molecular complexity index is 1050. The van der Waals surface area contributed by atoms with E-state index in [1.54, 1.807) is 29.1 Å². The van der Waals surface area contributed by atoms with Gasteiger partial charge < -0.3 is 14.6 Å². The van der Waals surface area contributed by atoms with Gasteiger partial charge in [0.2, 0.25) is 0 Å². The number of hydrogen-bond acceptors (Lipinski definition) is 5. The van der Waals surface area contributed by atoms with Crippen LogP contribution in [0.5, 0.6) is 5.75 Å². The molecule has 1 saturated heterocycles. The summed E-state index contributed by atoms with van der Waals surface area (Å²) >= 11 is 3.44. The number of benzene rings is 1. The molecule has 1 atom stereocenters. The monoisotopic (exact) mass is 468 g/mol. The van der Waals surface area contributed by atoms with Gasteiger partial charge in [-0.2, -0.15) is 0 Å². The molecule has 7 heteroatoms. The fourth-order valence-electron chi connectivity index (χ4n) is 3.68. The third-order valence-corrected chi connectivity index (χ3v) is 5.99. The molecule has 1 aromatic carbocycles. The average molecular weight is 469 g/mol. The summed E-state index contributed by atoms with van der Waals surface area (Å²) in [4.78, 5) is 21.2. The van der Waals surface area contributed by atoms with Crippen molar-refractivity contribution in [2.75, 3.05) is 19.7 Å². The topological polar surface area (TPSA) is 69.0 Å². The molecule has 30 heavy (non-hydrogen) atoms. The minimum absolute atomic E-state index is 0.0393. The van der Waals surface area contributed by atoms with E-state index >= 15 is 0 Å². The zero-order valence-corrected chi connectivity index (χ0v) is 18.5. The first-order chi connectivity index (χ1) is 14.6. The minimum atomic E-state index is -0.109. The number of aromatic nitrogens is 3. The van der Waals surface area contributed by atoms with E-state index in [0.717, 1.165) is 41.5 Å². The van der Waals surface area contributed by atoms with E-state index in [1.807, 2.05) is 37.4 Å². The highest BCUT2D eigenvalue weighted by Crippen LogP contribution is 2.24. The standard InChI is InChI=1S/C23H25BrN4O2/c1-16(28-14-20(24)5-6-22(28)29)18-3-2-4-19(11-18)23-26-12-21(13-27-23)30-15-17-7-9-25-10-8-17/h2-6,11-14,16-17,25H,7-10,15H2,1H3/t16-/m1/s1. The normalized spacial score (nSPS) is 15.7. The van der Waals surface area contributed by atoms with E-state index in [2.05, 4.69) is 31.2 Å². The van der Waals surface area contributed by atoms with E-state index in [-0.39, 0.29) is 11.6 Å². The van der Waals surface area contributed by atoms with Gasteiger partial charge >= 0.3 is 0 Å². The van der Waals surface area contributed by atoms with Crippen molar-refractivity contribution in [3.8, 4) is 17.1 Å².